The van der Waals surface area contributed by atoms with Crippen molar-refractivity contribution >= 4 is 11.8 Å². The molecule has 0 radical (unpaired) electrons. The number of methoxy groups -OCH3 is 1. The highest BCUT2D eigenvalue weighted by Gasteiger charge is 2.45. The number of nitrogens with two attached hydrogens (primary N) is 1. The van der Waals surface area contributed by atoms with Crippen LogP contribution in [0.15, 0.2) is 41.0 Å². The van der Waals surface area contributed by atoms with Gasteiger partial charge in [-0.1, -0.05) is 19.9 Å². The van der Waals surface area contributed by atoms with Crippen LogP contribution in [0.5, 0.6) is 11.5 Å². The van der Waals surface area contributed by atoms with Gasteiger partial charge < -0.3 is 24.7 Å². The SMILES string of the molecule is CCOc1ccc(C2C(C(=O)OC)=C(N)OC3=C2C(=O)CC(C)(C)C3)c(OCC)c1. The number of benzene rings is 1. The minimum Gasteiger partial charge on any atom is -0.494 e. The largest absolute Gasteiger partial charge is 0.494 e. The summed E-state index contributed by atoms with van der Waals surface area (Å²) in [4.78, 5) is 25.9. The van der Waals surface area contributed by atoms with E-state index in [1.807, 2.05) is 27.7 Å². The predicted molar refractivity (Wildman–Crippen MR) is 111 cm³/mol. The van der Waals surface area contributed by atoms with Gasteiger partial charge in [-0.3, -0.25) is 4.79 Å². The quantitative estimate of drug-likeness (QED) is 0.709. The van der Waals surface area contributed by atoms with Crippen LogP contribution in [0, 0.1) is 5.41 Å². The third-order valence-corrected chi connectivity index (χ3v) is 5.27. The van der Waals surface area contributed by atoms with Gasteiger partial charge in [0.05, 0.1) is 26.2 Å². The van der Waals surface area contributed by atoms with Gasteiger partial charge in [-0.15, -0.1) is 0 Å². The van der Waals surface area contributed by atoms with Crippen LogP contribution in [0.25, 0.3) is 0 Å². The van der Waals surface area contributed by atoms with Crippen molar-refractivity contribution < 1.29 is 28.5 Å². The second kappa shape index (κ2) is 8.42. The molecule has 0 aromatic heterocycles. The monoisotopic (exact) mass is 415 g/mol. The molecule has 1 aliphatic carbocycles. The molecule has 1 heterocycles. The molecule has 1 unspecified atom stereocenters. The Morgan fingerprint density at radius 2 is 1.90 bits per heavy atom. The van der Waals surface area contributed by atoms with E-state index < -0.39 is 11.9 Å². The summed E-state index contributed by atoms with van der Waals surface area (Å²) in [5.74, 6) is 0.166. The summed E-state index contributed by atoms with van der Waals surface area (Å²) in [6, 6.07) is 5.36. The van der Waals surface area contributed by atoms with Crippen molar-refractivity contribution in [1.82, 2.24) is 0 Å². The van der Waals surface area contributed by atoms with Crippen LogP contribution in [-0.2, 0) is 19.1 Å². The van der Waals surface area contributed by atoms with Crippen LogP contribution >= 0.6 is 0 Å². The lowest BCUT2D eigenvalue weighted by atomic mass is 9.70. The summed E-state index contributed by atoms with van der Waals surface area (Å²) >= 11 is 0. The summed E-state index contributed by atoms with van der Waals surface area (Å²) in [6.07, 6.45) is 0.891. The number of ketones is 1. The number of hydrogen-bond acceptors (Lipinski definition) is 7. The summed E-state index contributed by atoms with van der Waals surface area (Å²) in [5.41, 5.74) is 7.10. The second-order valence-corrected chi connectivity index (χ2v) is 8.15. The fourth-order valence-corrected chi connectivity index (χ4v) is 4.09. The van der Waals surface area contributed by atoms with Crippen molar-refractivity contribution in [3.8, 4) is 11.5 Å². The van der Waals surface area contributed by atoms with Crippen molar-refractivity contribution in [1.29, 1.82) is 0 Å². The first-order valence-corrected chi connectivity index (χ1v) is 10.1. The van der Waals surface area contributed by atoms with Gasteiger partial charge in [-0.25, -0.2) is 4.79 Å². The van der Waals surface area contributed by atoms with Gasteiger partial charge in [0.1, 0.15) is 22.8 Å². The van der Waals surface area contributed by atoms with E-state index in [-0.39, 0.29) is 22.7 Å². The standard InChI is InChI=1S/C23H29NO6/c1-6-28-13-8-9-14(16(10-13)29-7-2)18-19-15(25)11-23(3,4)12-17(19)30-21(24)20(18)22(26)27-5/h8-10,18H,6-7,11-12,24H2,1-5H3. The highest BCUT2D eigenvalue weighted by atomic mass is 16.5. The Hall–Kier alpha value is -2.96. The summed E-state index contributed by atoms with van der Waals surface area (Å²) in [7, 11) is 1.27. The van der Waals surface area contributed by atoms with Crippen molar-refractivity contribution in [2.45, 2.75) is 46.5 Å². The Kier molecular flexibility index (Phi) is 6.10. The molecule has 2 aliphatic rings. The minimum absolute atomic E-state index is 0.0487. The molecule has 3 rings (SSSR count). The molecule has 0 saturated carbocycles. The van der Waals surface area contributed by atoms with Crippen LogP contribution < -0.4 is 15.2 Å². The Morgan fingerprint density at radius 1 is 1.20 bits per heavy atom. The first-order valence-electron chi connectivity index (χ1n) is 10.1. The van der Waals surface area contributed by atoms with Gasteiger partial charge in [-0.2, -0.15) is 0 Å². The molecule has 7 heteroatoms. The number of esters is 1. The maximum Gasteiger partial charge on any atom is 0.340 e. The number of Topliss-reactive ketones (excluding diaryl/α,β-unsaturated/α-hetero) is 1. The van der Waals surface area contributed by atoms with E-state index in [0.29, 0.717) is 54.5 Å². The number of rotatable bonds is 6. The van der Waals surface area contributed by atoms with Gasteiger partial charge in [-0.05, 0) is 25.3 Å². The summed E-state index contributed by atoms with van der Waals surface area (Å²) < 4.78 is 22.2. The van der Waals surface area contributed by atoms with Crippen LogP contribution in [-0.4, -0.2) is 32.1 Å². The first kappa shape index (κ1) is 21.7. The lowest BCUT2D eigenvalue weighted by Crippen LogP contribution is -2.35. The second-order valence-electron chi connectivity index (χ2n) is 8.15. The maximum absolute atomic E-state index is 13.2. The highest BCUT2D eigenvalue weighted by molar-refractivity contribution is 6.03. The van der Waals surface area contributed by atoms with Gasteiger partial charge in [0.2, 0.25) is 5.88 Å². The van der Waals surface area contributed by atoms with Gasteiger partial charge in [0.15, 0.2) is 5.78 Å². The molecule has 0 spiro atoms. The molecule has 0 bridgehead atoms. The van der Waals surface area contributed by atoms with Gasteiger partial charge in [0, 0.05) is 30.0 Å². The average molecular weight is 415 g/mol. The molecule has 1 atom stereocenters. The molecule has 1 aromatic carbocycles. The van der Waals surface area contributed by atoms with Gasteiger partial charge in [0.25, 0.3) is 0 Å². The molecule has 7 nitrogen and oxygen atoms in total. The highest BCUT2D eigenvalue weighted by Crippen LogP contribution is 2.50. The normalized spacial score (nSPS) is 20.4. The fraction of sp³-hybridized carbons (Fsp3) is 0.478. The number of ether oxygens (including phenoxy) is 4. The molecule has 162 valence electrons. The lowest BCUT2D eigenvalue weighted by Gasteiger charge is -2.38. The molecule has 1 aromatic rings. The number of carbonyl (C=O) groups is 2. The molecule has 0 saturated heterocycles. The first-order chi connectivity index (χ1) is 14.2. The van der Waals surface area contributed by atoms with E-state index in [9.17, 15) is 9.59 Å². The Labute approximate surface area is 176 Å². The van der Waals surface area contributed by atoms with E-state index in [1.165, 1.54) is 7.11 Å². The molecule has 30 heavy (non-hydrogen) atoms. The smallest absolute Gasteiger partial charge is 0.340 e. The number of allylic oxidation sites excluding steroid dienone is 2. The minimum atomic E-state index is -0.734. The molecular formula is C23H29NO6. The maximum atomic E-state index is 13.2. The zero-order valence-electron chi connectivity index (χ0n) is 18.2. The van der Waals surface area contributed by atoms with E-state index in [0.717, 1.165) is 0 Å². The molecule has 2 N–H and O–H groups in total. The fourth-order valence-electron chi connectivity index (χ4n) is 4.09. The topological polar surface area (TPSA) is 97.1 Å². The number of hydrogen-bond donors (Lipinski definition) is 1. The summed E-state index contributed by atoms with van der Waals surface area (Å²) in [6.45, 7) is 8.68. The van der Waals surface area contributed by atoms with E-state index >= 15 is 0 Å². The van der Waals surface area contributed by atoms with E-state index in [2.05, 4.69) is 0 Å². The van der Waals surface area contributed by atoms with Gasteiger partial charge >= 0.3 is 5.97 Å². The van der Waals surface area contributed by atoms with Crippen molar-refractivity contribution in [3.05, 3.63) is 46.6 Å². The van der Waals surface area contributed by atoms with Crippen LogP contribution in [0.1, 0.15) is 52.0 Å². The molecule has 1 aliphatic heterocycles. The Balaban J connectivity index is 2.23. The lowest BCUT2D eigenvalue weighted by molar-refractivity contribution is -0.136. The summed E-state index contributed by atoms with van der Waals surface area (Å²) in [5, 5.41) is 0. The molecular weight excluding hydrogens is 386 g/mol. The Morgan fingerprint density at radius 3 is 2.53 bits per heavy atom. The Bertz CT molecular complexity index is 928. The third-order valence-electron chi connectivity index (χ3n) is 5.27. The van der Waals surface area contributed by atoms with E-state index in [1.54, 1.807) is 18.2 Å². The molecule has 0 amide bonds. The zero-order chi connectivity index (χ0) is 22.1. The van der Waals surface area contributed by atoms with Crippen molar-refractivity contribution in [2.75, 3.05) is 20.3 Å². The third kappa shape index (κ3) is 4.01. The number of carbonyl (C=O) groups excluding carboxylic acids is 2. The van der Waals surface area contributed by atoms with Crippen molar-refractivity contribution in [2.24, 2.45) is 11.1 Å². The zero-order valence-corrected chi connectivity index (χ0v) is 18.2. The van der Waals surface area contributed by atoms with Crippen LogP contribution in [0.2, 0.25) is 0 Å². The van der Waals surface area contributed by atoms with Crippen LogP contribution in [0.3, 0.4) is 0 Å². The van der Waals surface area contributed by atoms with Crippen molar-refractivity contribution in [3.63, 3.8) is 0 Å². The predicted octanol–water partition coefficient (Wildman–Crippen LogP) is 3.58. The van der Waals surface area contributed by atoms with Crippen LogP contribution in [0.4, 0.5) is 0 Å². The average Bonchev–Trinajstić information content (AvgIpc) is 2.66. The van der Waals surface area contributed by atoms with E-state index in [4.69, 9.17) is 24.7 Å². The molecule has 0 fully saturated rings.